The van der Waals surface area contributed by atoms with Gasteiger partial charge in [-0.1, -0.05) is 41.9 Å². The van der Waals surface area contributed by atoms with Gasteiger partial charge in [-0.05, 0) is 18.2 Å². The maximum absolute atomic E-state index is 11.2. The summed E-state index contributed by atoms with van der Waals surface area (Å²) in [6, 6.07) is 14.7. The van der Waals surface area contributed by atoms with Gasteiger partial charge >= 0.3 is 5.97 Å². The van der Waals surface area contributed by atoms with E-state index in [4.69, 9.17) is 11.6 Å². The molecule has 0 amide bonds. The number of rotatable bonds is 2. The zero-order valence-corrected chi connectivity index (χ0v) is 11.1. The third-order valence-electron chi connectivity index (χ3n) is 3.07. The minimum absolute atomic E-state index is 0.586. The second kappa shape index (κ2) is 4.98. The van der Waals surface area contributed by atoms with Gasteiger partial charge in [0.1, 0.15) is 0 Å². The molecule has 100 valence electrons. The minimum atomic E-state index is -1.01. The summed E-state index contributed by atoms with van der Waals surface area (Å²) in [4.78, 5) is 15.5. The Morgan fingerprint density at radius 2 is 1.95 bits per heavy atom. The van der Waals surface area contributed by atoms with E-state index in [1.165, 1.54) is 0 Å². The second-order valence-corrected chi connectivity index (χ2v) is 4.86. The molecule has 0 spiro atoms. The Morgan fingerprint density at radius 1 is 1.20 bits per heavy atom. The number of fused-ring (bicyclic) bond motifs is 1. The zero-order chi connectivity index (χ0) is 14.1. The molecule has 0 radical (unpaired) electrons. The van der Waals surface area contributed by atoms with E-state index in [1.54, 1.807) is 18.2 Å². The molecule has 5 heteroatoms. The Bertz CT molecular complexity index is 698. The highest BCUT2D eigenvalue weighted by Crippen LogP contribution is 2.28. The number of halogens is 1. The molecule has 0 saturated carbocycles. The normalized spacial score (nSPS) is 16.9. The molecule has 2 aromatic rings. The SMILES string of the molecule is O=C(O)C1N=C(c2ccccc2)c2cc(Cl)ccc2N1. The molecule has 0 saturated heterocycles. The van der Waals surface area contributed by atoms with Gasteiger partial charge in [0.05, 0.1) is 5.71 Å². The van der Waals surface area contributed by atoms with Gasteiger partial charge in [-0.2, -0.15) is 0 Å². The molecule has 0 bridgehead atoms. The predicted molar refractivity (Wildman–Crippen MR) is 78.6 cm³/mol. The van der Waals surface area contributed by atoms with E-state index >= 15 is 0 Å². The van der Waals surface area contributed by atoms with Crippen LogP contribution in [0.5, 0.6) is 0 Å². The number of hydrogen-bond donors (Lipinski definition) is 2. The average Bonchev–Trinajstić information content (AvgIpc) is 2.47. The van der Waals surface area contributed by atoms with Gasteiger partial charge in [-0.25, -0.2) is 9.79 Å². The minimum Gasteiger partial charge on any atom is -0.478 e. The lowest BCUT2D eigenvalue weighted by Gasteiger charge is -2.23. The number of nitrogens with one attached hydrogen (secondary N) is 1. The van der Waals surface area contributed by atoms with Crippen molar-refractivity contribution in [3.63, 3.8) is 0 Å². The van der Waals surface area contributed by atoms with Crippen LogP contribution in [0.1, 0.15) is 11.1 Å². The van der Waals surface area contributed by atoms with E-state index in [9.17, 15) is 9.90 Å². The van der Waals surface area contributed by atoms with E-state index in [1.807, 2.05) is 30.3 Å². The molecule has 2 aromatic carbocycles. The summed E-state index contributed by atoms with van der Waals surface area (Å²) in [7, 11) is 0. The lowest BCUT2D eigenvalue weighted by atomic mass is 9.98. The van der Waals surface area contributed by atoms with Gasteiger partial charge in [0.15, 0.2) is 0 Å². The van der Waals surface area contributed by atoms with Crippen molar-refractivity contribution in [2.24, 2.45) is 4.99 Å². The van der Waals surface area contributed by atoms with Crippen LogP contribution in [0.3, 0.4) is 0 Å². The summed E-state index contributed by atoms with van der Waals surface area (Å²) in [6.07, 6.45) is -0.987. The molecule has 1 aliphatic rings. The van der Waals surface area contributed by atoms with Gasteiger partial charge in [0.2, 0.25) is 6.17 Å². The van der Waals surface area contributed by atoms with Crippen molar-refractivity contribution in [2.45, 2.75) is 6.17 Å². The second-order valence-electron chi connectivity index (χ2n) is 4.42. The summed E-state index contributed by atoms with van der Waals surface area (Å²) < 4.78 is 0. The monoisotopic (exact) mass is 286 g/mol. The maximum Gasteiger partial charge on any atom is 0.349 e. The molecule has 3 rings (SSSR count). The number of nitrogens with zero attached hydrogens (tertiary/aromatic N) is 1. The van der Waals surface area contributed by atoms with Crippen LogP contribution in [0.4, 0.5) is 5.69 Å². The molecule has 2 N–H and O–H groups in total. The molecule has 1 atom stereocenters. The number of aliphatic imine (C=N–C) groups is 1. The van der Waals surface area contributed by atoms with Crippen molar-refractivity contribution < 1.29 is 9.90 Å². The molecule has 1 unspecified atom stereocenters. The molecule has 1 aliphatic heterocycles. The van der Waals surface area contributed by atoms with Crippen molar-refractivity contribution >= 4 is 29.0 Å². The van der Waals surface area contributed by atoms with Crippen LogP contribution in [0.2, 0.25) is 5.02 Å². The summed E-state index contributed by atoms with van der Waals surface area (Å²) in [5, 5.41) is 12.7. The Morgan fingerprint density at radius 3 is 2.65 bits per heavy atom. The third kappa shape index (κ3) is 2.26. The molecule has 4 nitrogen and oxygen atoms in total. The van der Waals surface area contributed by atoms with Crippen molar-refractivity contribution in [1.82, 2.24) is 0 Å². The number of aliphatic carboxylic acids is 1. The van der Waals surface area contributed by atoms with Gasteiger partial charge in [0, 0.05) is 21.8 Å². The fourth-order valence-electron chi connectivity index (χ4n) is 2.16. The van der Waals surface area contributed by atoms with E-state index < -0.39 is 12.1 Å². The summed E-state index contributed by atoms with van der Waals surface area (Å²) >= 11 is 6.03. The first-order valence-corrected chi connectivity index (χ1v) is 6.45. The highest BCUT2D eigenvalue weighted by Gasteiger charge is 2.25. The average molecular weight is 287 g/mol. The first kappa shape index (κ1) is 12.7. The smallest absolute Gasteiger partial charge is 0.349 e. The number of anilines is 1. The Hall–Kier alpha value is -2.33. The van der Waals surface area contributed by atoms with Crippen LogP contribution >= 0.6 is 11.6 Å². The van der Waals surface area contributed by atoms with Crippen LogP contribution in [0, 0.1) is 0 Å². The zero-order valence-electron chi connectivity index (χ0n) is 10.4. The summed E-state index contributed by atoms with van der Waals surface area (Å²) in [5.74, 6) is -1.01. The first-order valence-electron chi connectivity index (χ1n) is 6.07. The van der Waals surface area contributed by atoms with E-state index in [2.05, 4.69) is 10.3 Å². The van der Waals surface area contributed by atoms with Crippen LogP contribution in [-0.2, 0) is 4.79 Å². The molecule has 20 heavy (non-hydrogen) atoms. The molecular weight excluding hydrogens is 276 g/mol. The van der Waals surface area contributed by atoms with Crippen molar-refractivity contribution in [3.05, 3.63) is 64.7 Å². The quantitative estimate of drug-likeness (QED) is 0.892. The molecule has 0 fully saturated rings. The standard InChI is InChI=1S/C15H11ClN2O2/c16-10-6-7-12-11(8-10)13(9-4-2-1-3-5-9)18-14(17-12)15(19)20/h1-8,14,17H,(H,19,20). The predicted octanol–water partition coefficient (Wildman–Crippen LogP) is 3.01. The van der Waals surface area contributed by atoms with Crippen molar-refractivity contribution in [3.8, 4) is 0 Å². The number of benzene rings is 2. The first-order chi connectivity index (χ1) is 9.65. The largest absolute Gasteiger partial charge is 0.478 e. The highest BCUT2D eigenvalue weighted by molar-refractivity contribution is 6.31. The molecule has 0 aromatic heterocycles. The fraction of sp³-hybridized carbons (Fsp3) is 0.0667. The maximum atomic E-state index is 11.2. The molecule has 0 aliphatic carbocycles. The van der Waals surface area contributed by atoms with Crippen LogP contribution in [0.25, 0.3) is 0 Å². The summed E-state index contributed by atoms with van der Waals surface area (Å²) in [6.45, 7) is 0. The van der Waals surface area contributed by atoms with Crippen molar-refractivity contribution in [1.29, 1.82) is 0 Å². The fourth-order valence-corrected chi connectivity index (χ4v) is 2.33. The van der Waals surface area contributed by atoms with Crippen LogP contribution in [-0.4, -0.2) is 23.0 Å². The summed E-state index contributed by atoms with van der Waals surface area (Å²) in [5.41, 5.74) is 3.02. The number of carbonyl (C=O) groups is 1. The topological polar surface area (TPSA) is 61.7 Å². The number of hydrogen-bond acceptors (Lipinski definition) is 3. The Labute approximate surface area is 120 Å². The van der Waals surface area contributed by atoms with Gasteiger partial charge < -0.3 is 10.4 Å². The van der Waals surface area contributed by atoms with Gasteiger partial charge in [0.25, 0.3) is 0 Å². The number of carboxylic acids is 1. The van der Waals surface area contributed by atoms with Gasteiger partial charge in [-0.3, -0.25) is 0 Å². The van der Waals surface area contributed by atoms with E-state index in [-0.39, 0.29) is 0 Å². The lowest BCUT2D eigenvalue weighted by molar-refractivity contribution is -0.137. The third-order valence-corrected chi connectivity index (χ3v) is 3.30. The van der Waals surface area contributed by atoms with Crippen molar-refractivity contribution in [2.75, 3.05) is 5.32 Å². The number of carboxylic acid groups (broad SMARTS) is 1. The van der Waals surface area contributed by atoms with Crippen LogP contribution < -0.4 is 5.32 Å². The molecular formula is C15H11ClN2O2. The molecule has 1 heterocycles. The Balaban J connectivity index is 2.18. The van der Waals surface area contributed by atoms with Crippen LogP contribution in [0.15, 0.2) is 53.5 Å². The van der Waals surface area contributed by atoms with Gasteiger partial charge in [-0.15, -0.1) is 0 Å². The Kier molecular flexibility index (Phi) is 3.16. The highest BCUT2D eigenvalue weighted by atomic mass is 35.5. The van der Waals surface area contributed by atoms with E-state index in [0.717, 1.165) is 16.8 Å². The lowest BCUT2D eigenvalue weighted by Crippen LogP contribution is -2.33. The van der Waals surface area contributed by atoms with E-state index in [0.29, 0.717) is 10.7 Å².